The number of thiophene rings is 1. The van der Waals surface area contributed by atoms with Crippen molar-refractivity contribution in [1.29, 1.82) is 0 Å². The molecule has 31 heavy (non-hydrogen) atoms. The molecule has 4 rings (SSSR count). The number of rotatable bonds is 8. The van der Waals surface area contributed by atoms with E-state index in [2.05, 4.69) is 20.8 Å². The largest absolute Gasteiger partial charge is 0.490 e. The summed E-state index contributed by atoms with van der Waals surface area (Å²) in [6.07, 6.45) is 6.88. The van der Waals surface area contributed by atoms with Gasteiger partial charge in [0.1, 0.15) is 0 Å². The Morgan fingerprint density at radius 2 is 1.42 bits per heavy atom. The molecule has 1 aromatic heterocycles. The molecule has 2 aromatic carbocycles. The summed E-state index contributed by atoms with van der Waals surface area (Å²) in [6.45, 7) is 7.48. The van der Waals surface area contributed by atoms with Crippen LogP contribution in [0.25, 0.3) is 20.2 Å². The zero-order chi connectivity index (χ0) is 22.0. The third kappa shape index (κ3) is 4.82. The van der Waals surface area contributed by atoms with Gasteiger partial charge in [0.05, 0.1) is 22.6 Å². The first-order valence-corrected chi connectivity index (χ1v) is 12.4. The fourth-order valence-corrected chi connectivity index (χ4v) is 5.60. The van der Waals surface area contributed by atoms with E-state index in [1.807, 2.05) is 12.1 Å². The molecule has 0 saturated heterocycles. The van der Waals surface area contributed by atoms with Gasteiger partial charge in [0.15, 0.2) is 23.1 Å². The highest BCUT2D eigenvalue weighted by Crippen LogP contribution is 2.42. The van der Waals surface area contributed by atoms with Gasteiger partial charge in [0.25, 0.3) is 0 Å². The van der Waals surface area contributed by atoms with Gasteiger partial charge in [-0.05, 0) is 61.3 Å². The summed E-state index contributed by atoms with van der Waals surface area (Å²) < 4.78 is 42.7. The first-order chi connectivity index (χ1) is 15.0. The van der Waals surface area contributed by atoms with Crippen molar-refractivity contribution in [2.24, 2.45) is 17.8 Å². The van der Waals surface area contributed by atoms with Gasteiger partial charge >= 0.3 is 0 Å². The number of benzene rings is 2. The van der Waals surface area contributed by atoms with Crippen LogP contribution < -0.4 is 9.47 Å². The first-order valence-electron chi connectivity index (χ1n) is 11.6. The molecular formula is C26H32F2O2S. The second-order valence-corrected chi connectivity index (χ2v) is 10.3. The van der Waals surface area contributed by atoms with Gasteiger partial charge < -0.3 is 9.47 Å². The number of hydrogen-bond acceptors (Lipinski definition) is 3. The lowest BCUT2D eigenvalue weighted by atomic mass is 9.81. The highest BCUT2D eigenvalue weighted by molar-refractivity contribution is 7.25. The fourth-order valence-electron chi connectivity index (χ4n) is 4.44. The maximum Gasteiger partial charge on any atom is 0.182 e. The van der Waals surface area contributed by atoms with E-state index in [1.54, 1.807) is 12.1 Å². The van der Waals surface area contributed by atoms with E-state index in [4.69, 9.17) is 9.47 Å². The van der Waals surface area contributed by atoms with Gasteiger partial charge in [0, 0.05) is 10.8 Å². The summed E-state index contributed by atoms with van der Waals surface area (Å²) in [5.74, 6) is 1.52. The normalized spacial score (nSPS) is 19.4. The second kappa shape index (κ2) is 9.72. The second-order valence-electron chi connectivity index (χ2n) is 9.25. The Hall–Kier alpha value is -1.88. The third-order valence-electron chi connectivity index (χ3n) is 6.59. The molecule has 1 fully saturated rings. The van der Waals surface area contributed by atoms with Crippen molar-refractivity contribution >= 4 is 31.5 Å². The molecule has 0 spiro atoms. The Morgan fingerprint density at radius 3 is 1.97 bits per heavy atom. The van der Waals surface area contributed by atoms with Crippen molar-refractivity contribution in [3.63, 3.8) is 0 Å². The van der Waals surface area contributed by atoms with Gasteiger partial charge in [-0.25, -0.2) is 8.78 Å². The fraction of sp³-hybridized carbons (Fsp3) is 0.538. The molecule has 0 radical (unpaired) electrons. The maximum absolute atomic E-state index is 15.2. The van der Waals surface area contributed by atoms with Crippen molar-refractivity contribution in [3.8, 4) is 11.5 Å². The molecule has 2 nitrogen and oxygen atoms in total. The summed E-state index contributed by atoms with van der Waals surface area (Å²) >= 11 is 1.14. The third-order valence-corrected chi connectivity index (χ3v) is 7.80. The highest BCUT2D eigenvalue weighted by atomic mass is 32.1. The van der Waals surface area contributed by atoms with Crippen molar-refractivity contribution in [1.82, 2.24) is 0 Å². The lowest BCUT2D eigenvalue weighted by molar-refractivity contribution is 0.177. The van der Waals surface area contributed by atoms with Crippen LogP contribution in [0.5, 0.6) is 11.5 Å². The van der Waals surface area contributed by atoms with E-state index >= 15 is 8.78 Å². The molecule has 1 saturated carbocycles. The van der Waals surface area contributed by atoms with Crippen molar-refractivity contribution in [3.05, 3.63) is 35.9 Å². The number of fused-ring (bicyclic) bond motifs is 3. The van der Waals surface area contributed by atoms with Crippen molar-refractivity contribution < 1.29 is 18.3 Å². The van der Waals surface area contributed by atoms with E-state index in [0.717, 1.165) is 47.3 Å². The average Bonchev–Trinajstić information content (AvgIpc) is 3.15. The molecule has 0 N–H and O–H groups in total. The van der Waals surface area contributed by atoms with E-state index < -0.39 is 5.82 Å². The topological polar surface area (TPSA) is 18.5 Å². The average molecular weight is 447 g/mol. The molecule has 0 bridgehead atoms. The summed E-state index contributed by atoms with van der Waals surface area (Å²) in [6, 6.07) is 7.01. The molecule has 5 heteroatoms. The minimum absolute atomic E-state index is 0.235. The summed E-state index contributed by atoms with van der Waals surface area (Å²) in [5.41, 5.74) is 0. The van der Waals surface area contributed by atoms with E-state index in [1.165, 1.54) is 19.3 Å². The minimum atomic E-state index is -0.406. The predicted octanol–water partition coefficient (Wildman–Crippen LogP) is 8.35. The molecule has 0 aliphatic heterocycles. The number of ether oxygens (including phenoxy) is 2. The molecular weight excluding hydrogens is 414 g/mol. The van der Waals surface area contributed by atoms with Gasteiger partial charge in [-0.15, -0.1) is 11.3 Å². The molecule has 0 unspecified atom stereocenters. The summed E-state index contributed by atoms with van der Waals surface area (Å²) in [4.78, 5) is 0. The molecule has 168 valence electrons. The van der Waals surface area contributed by atoms with Gasteiger partial charge in [-0.1, -0.05) is 40.0 Å². The molecule has 1 aliphatic carbocycles. The highest BCUT2D eigenvalue weighted by Gasteiger charge is 2.22. The Bertz CT molecular complexity index is 1030. The quantitative estimate of drug-likeness (QED) is 0.346. The smallest absolute Gasteiger partial charge is 0.182 e. The Balaban J connectivity index is 1.53. The van der Waals surface area contributed by atoms with E-state index in [9.17, 15) is 0 Å². The van der Waals surface area contributed by atoms with Gasteiger partial charge in [-0.3, -0.25) is 0 Å². The van der Waals surface area contributed by atoms with Crippen LogP contribution in [0.15, 0.2) is 24.3 Å². The van der Waals surface area contributed by atoms with Crippen LogP contribution in [0, 0.1) is 29.4 Å². The number of halogens is 2. The Kier molecular flexibility index (Phi) is 7.00. The molecule has 0 atom stereocenters. The van der Waals surface area contributed by atoms with Crippen LogP contribution in [0.1, 0.15) is 59.3 Å². The van der Waals surface area contributed by atoms with Crippen LogP contribution in [0.3, 0.4) is 0 Å². The number of hydrogen-bond donors (Lipinski definition) is 0. The van der Waals surface area contributed by atoms with Gasteiger partial charge in [-0.2, -0.15) is 0 Å². The van der Waals surface area contributed by atoms with E-state index in [0.29, 0.717) is 34.4 Å². The Labute approximate surface area is 187 Å². The zero-order valence-corrected chi connectivity index (χ0v) is 19.5. The summed E-state index contributed by atoms with van der Waals surface area (Å²) in [5, 5.41) is 1.44. The van der Waals surface area contributed by atoms with Crippen molar-refractivity contribution in [2.75, 3.05) is 13.2 Å². The zero-order valence-electron chi connectivity index (χ0n) is 18.7. The lowest BCUT2D eigenvalue weighted by Gasteiger charge is -2.27. The predicted molar refractivity (Wildman–Crippen MR) is 125 cm³/mol. The maximum atomic E-state index is 15.2. The lowest BCUT2D eigenvalue weighted by Crippen LogP contribution is -2.20. The standard InChI is InChI=1S/C26H32F2O2S/c1-4-17-5-7-18(8-6-17)15-30-22-12-10-20-19-9-11-21(29-14-13-16(2)3)23(27)25(19)31-26(20)24(22)28/h9-12,16-18H,4-8,13-15H2,1-3H3. The van der Waals surface area contributed by atoms with Crippen LogP contribution in [-0.4, -0.2) is 13.2 Å². The van der Waals surface area contributed by atoms with E-state index in [-0.39, 0.29) is 17.3 Å². The van der Waals surface area contributed by atoms with Crippen LogP contribution in [-0.2, 0) is 0 Å². The minimum Gasteiger partial charge on any atom is -0.490 e. The first kappa shape index (κ1) is 22.3. The molecule has 3 aromatic rings. The summed E-state index contributed by atoms with van der Waals surface area (Å²) in [7, 11) is 0. The van der Waals surface area contributed by atoms with Crippen molar-refractivity contribution in [2.45, 2.75) is 59.3 Å². The molecule has 1 aliphatic rings. The Morgan fingerprint density at radius 1 is 0.871 bits per heavy atom. The molecule has 0 amide bonds. The monoisotopic (exact) mass is 446 g/mol. The SMILES string of the molecule is CCC1CCC(COc2ccc3c(sc4c(F)c(OCCC(C)C)ccc43)c2F)CC1. The van der Waals surface area contributed by atoms with Gasteiger partial charge in [0.2, 0.25) is 0 Å². The molecule has 1 heterocycles. The van der Waals surface area contributed by atoms with Crippen LogP contribution in [0.2, 0.25) is 0 Å². The van der Waals surface area contributed by atoms with Crippen LogP contribution in [0.4, 0.5) is 8.78 Å². The van der Waals surface area contributed by atoms with Crippen LogP contribution >= 0.6 is 11.3 Å².